The van der Waals surface area contributed by atoms with Crippen LogP contribution in [0, 0.1) is 0 Å². The zero-order chi connectivity index (χ0) is 22.5. The molecule has 8 nitrogen and oxygen atoms in total. The molecule has 1 fully saturated rings. The second-order valence-corrected chi connectivity index (χ2v) is 9.63. The van der Waals surface area contributed by atoms with Gasteiger partial charge in [-0.25, -0.2) is 0 Å². The van der Waals surface area contributed by atoms with Gasteiger partial charge in [0.05, 0.1) is 24.7 Å². The number of rotatable bonds is 5. The number of nitrogens with zero attached hydrogens (tertiary/aromatic N) is 5. The third-order valence-corrected chi connectivity index (χ3v) is 7.39. The highest BCUT2D eigenvalue weighted by molar-refractivity contribution is 6.32. The van der Waals surface area contributed by atoms with Crippen LogP contribution in [0.4, 0.5) is 11.8 Å². The first-order valence-corrected chi connectivity index (χ1v) is 12.5. The van der Waals surface area contributed by atoms with Gasteiger partial charge < -0.3 is 10.1 Å². The van der Waals surface area contributed by atoms with Crippen molar-refractivity contribution in [2.75, 3.05) is 36.5 Å². The van der Waals surface area contributed by atoms with Crippen LogP contribution in [-0.4, -0.2) is 58.6 Å². The third-order valence-electron chi connectivity index (χ3n) is 7.11. The first kappa shape index (κ1) is 20.8. The Morgan fingerprint density at radius 2 is 2.09 bits per heavy atom. The van der Waals surface area contributed by atoms with Crippen LogP contribution in [-0.2, 0) is 13.0 Å². The maximum atomic E-state index is 13.6. The van der Waals surface area contributed by atoms with Crippen molar-refractivity contribution in [2.24, 2.45) is 4.99 Å². The molecule has 1 amide bonds. The number of hydrogen-bond acceptors (Lipinski definition) is 6. The van der Waals surface area contributed by atoms with Crippen LogP contribution in [0.25, 0.3) is 0 Å². The summed E-state index contributed by atoms with van der Waals surface area (Å²) in [6.07, 6.45) is 6.86. The molecule has 174 valence electrons. The molecule has 33 heavy (non-hydrogen) atoms. The van der Waals surface area contributed by atoms with Gasteiger partial charge in [0.2, 0.25) is 11.9 Å². The van der Waals surface area contributed by atoms with Crippen LogP contribution in [0.5, 0.6) is 5.75 Å². The number of fused-ring (bicyclic) bond motifs is 4. The Morgan fingerprint density at radius 3 is 2.91 bits per heavy atom. The number of hydrogen-bond donors (Lipinski definition) is 1. The Hall–Kier alpha value is -2.74. The first-order valence-electron chi connectivity index (χ1n) is 12.1. The van der Waals surface area contributed by atoms with E-state index in [-0.39, 0.29) is 5.91 Å². The monoisotopic (exact) mass is 468 g/mol. The predicted octanol–water partition coefficient (Wildman–Crippen LogP) is 3.92. The number of guanidine groups is 1. The molecule has 1 aromatic heterocycles. The van der Waals surface area contributed by atoms with E-state index < -0.39 is 0 Å². The predicted molar refractivity (Wildman–Crippen MR) is 129 cm³/mol. The van der Waals surface area contributed by atoms with E-state index in [1.165, 1.54) is 19.3 Å². The number of aromatic nitrogens is 2. The lowest BCUT2D eigenvalue weighted by Crippen LogP contribution is -2.50. The van der Waals surface area contributed by atoms with Crippen molar-refractivity contribution in [2.45, 2.75) is 58.0 Å². The van der Waals surface area contributed by atoms with Crippen LogP contribution in [0.15, 0.2) is 17.1 Å². The molecule has 3 aliphatic heterocycles. The van der Waals surface area contributed by atoms with Gasteiger partial charge >= 0.3 is 0 Å². The van der Waals surface area contributed by atoms with Gasteiger partial charge in [0.25, 0.3) is 5.91 Å². The number of halogens is 1. The van der Waals surface area contributed by atoms with Crippen molar-refractivity contribution in [1.82, 2.24) is 14.5 Å². The summed E-state index contributed by atoms with van der Waals surface area (Å²) in [6, 6.07) is 4.48. The molecular weight excluding hydrogens is 440 g/mol. The largest absolute Gasteiger partial charge is 0.491 e. The first-order chi connectivity index (χ1) is 16.1. The summed E-state index contributed by atoms with van der Waals surface area (Å²) in [4.78, 5) is 27.1. The van der Waals surface area contributed by atoms with Crippen molar-refractivity contribution in [1.29, 1.82) is 0 Å². The Kier molecular flexibility index (Phi) is 5.20. The third kappa shape index (κ3) is 3.46. The molecule has 0 bridgehead atoms. The number of amides is 1. The average Bonchev–Trinajstić information content (AvgIpc) is 3.55. The van der Waals surface area contributed by atoms with Crippen LogP contribution in [0.2, 0.25) is 5.02 Å². The second-order valence-electron chi connectivity index (χ2n) is 9.22. The van der Waals surface area contributed by atoms with Crippen molar-refractivity contribution in [3.63, 3.8) is 0 Å². The minimum atomic E-state index is -0.0378. The minimum absolute atomic E-state index is 0.0378. The summed E-state index contributed by atoms with van der Waals surface area (Å²) in [5.41, 5.74) is 2.81. The molecule has 0 spiro atoms. The second kappa shape index (κ2) is 8.24. The van der Waals surface area contributed by atoms with Gasteiger partial charge in [-0.3, -0.25) is 24.2 Å². The molecule has 1 aliphatic carbocycles. The number of aliphatic imine (C=N–C) groups is 1. The van der Waals surface area contributed by atoms with E-state index in [1.807, 2.05) is 13.0 Å². The Labute approximate surface area is 198 Å². The summed E-state index contributed by atoms with van der Waals surface area (Å²) >= 11 is 6.54. The summed E-state index contributed by atoms with van der Waals surface area (Å²) in [6.45, 7) is 5.17. The number of carbonyl (C=O) groups excluding carboxylic acids is 1. The number of benzene rings is 1. The lowest BCUT2D eigenvalue weighted by molar-refractivity contribution is 0.0836. The number of carbonyl (C=O) groups is 1. The van der Waals surface area contributed by atoms with E-state index in [9.17, 15) is 4.79 Å². The SMILES string of the molecule is CCN1C(=O)c2c(nc(NC3CCCCC3)n2Cc2cc(Cl)c3c(c2)CCO3)N2CCN=C12. The summed E-state index contributed by atoms with van der Waals surface area (Å²) < 4.78 is 7.74. The van der Waals surface area contributed by atoms with Crippen LogP contribution in [0.1, 0.15) is 60.6 Å². The molecule has 9 heteroatoms. The molecule has 0 saturated heterocycles. The van der Waals surface area contributed by atoms with Crippen molar-refractivity contribution < 1.29 is 9.53 Å². The Bertz CT molecular complexity index is 1140. The average molecular weight is 469 g/mol. The molecule has 0 radical (unpaired) electrons. The van der Waals surface area contributed by atoms with Gasteiger partial charge in [-0.2, -0.15) is 4.98 Å². The van der Waals surface area contributed by atoms with Gasteiger partial charge in [-0.1, -0.05) is 36.9 Å². The van der Waals surface area contributed by atoms with E-state index in [4.69, 9.17) is 21.3 Å². The van der Waals surface area contributed by atoms with Gasteiger partial charge in [0.15, 0.2) is 11.5 Å². The summed E-state index contributed by atoms with van der Waals surface area (Å²) in [5.74, 6) is 2.96. The smallest absolute Gasteiger partial charge is 0.281 e. The van der Waals surface area contributed by atoms with E-state index in [2.05, 4.69) is 25.8 Å². The number of ether oxygens (including phenoxy) is 1. The quantitative estimate of drug-likeness (QED) is 0.720. The molecule has 0 atom stereocenters. The normalized spacial score (nSPS) is 19.8. The van der Waals surface area contributed by atoms with Crippen LogP contribution in [0.3, 0.4) is 0 Å². The number of nitrogens with one attached hydrogen (secondary N) is 1. The Morgan fingerprint density at radius 1 is 1.24 bits per heavy atom. The van der Waals surface area contributed by atoms with Crippen molar-refractivity contribution in [3.05, 3.63) is 34.0 Å². The van der Waals surface area contributed by atoms with Gasteiger partial charge in [0.1, 0.15) is 5.75 Å². The zero-order valence-electron chi connectivity index (χ0n) is 18.9. The molecule has 1 aromatic carbocycles. The van der Waals surface area contributed by atoms with Gasteiger partial charge in [0, 0.05) is 25.6 Å². The minimum Gasteiger partial charge on any atom is -0.491 e. The van der Waals surface area contributed by atoms with E-state index in [1.54, 1.807) is 4.90 Å². The molecule has 0 unspecified atom stereocenters. The molecular formula is C24H29ClN6O2. The highest BCUT2D eigenvalue weighted by Gasteiger charge is 2.41. The number of imidazole rings is 1. The molecule has 2 aromatic rings. The fourth-order valence-electron chi connectivity index (χ4n) is 5.50. The molecule has 1 saturated carbocycles. The van der Waals surface area contributed by atoms with Gasteiger partial charge in [-0.15, -0.1) is 0 Å². The summed E-state index contributed by atoms with van der Waals surface area (Å²) in [7, 11) is 0. The lowest BCUT2D eigenvalue weighted by atomic mass is 9.96. The maximum absolute atomic E-state index is 13.6. The molecule has 4 aliphatic rings. The fourth-order valence-corrected chi connectivity index (χ4v) is 5.82. The van der Waals surface area contributed by atoms with Crippen LogP contribution >= 0.6 is 11.6 Å². The highest BCUT2D eigenvalue weighted by Crippen LogP contribution is 2.37. The fraction of sp³-hybridized carbons (Fsp3) is 0.542. The molecule has 1 N–H and O–H groups in total. The molecule has 6 rings (SSSR count). The lowest BCUT2D eigenvalue weighted by Gasteiger charge is -2.32. The maximum Gasteiger partial charge on any atom is 0.281 e. The van der Waals surface area contributed by atoms with E-state index >= 15 is 0 Å². The molecule has 4 heterocycles. The Balaban J connectivity index is 1.44. The topological polar surface area (TPSA) is 75.0 Å². The van der Waals surface area contributed by atoms with Gasteiger partial charge in [-0.05, 0) is 37.0 Å². The highest BCUT2D eigenvalue weighted by atomic mass is 35.5. The van der Waals surface area contributed by atoms with E-state index in [0.717, 1.165) is 60.4 Å². The standard InChI is InChI=1S/C24H29ClN6O2/c1-2-29-22(32)19-21(30-10-9-26-24(29)30)28-23(27-17-6-4-3-5-7-17)31(19)14-15-12-16-8-11-33-20(16)18(25)13-15/h12-13,17H,2-11,14H2,1H3,(H,27,28). The zero-order valence-corrected chi connectivity index (χ0v) is 19.7. The van der Waals surface area contributed by atoms with Crippen molar-refractivity contribution >= 4 is 35.2 Å². The van der Waals surface area contributed by atoms with Crippen LogP contribution < -0.4 is 15.0 Å². The van der Waals surface area contributed by atoms with E-state index in [0.29, 0.717) is 43.0 Å². The number of anilines is 2. The summed E-state index contributed by atoms with van der Waals surface area (Å²) in [5, 5.41) is 4.31. The van der Waals surface area contributed by atoms with Crippen molar-refractivity contribution in [3.8, 4) is 5.75 Å².